The number of benzene rings is 2. The molecule has 4 rings (SSSR count). The van der Waals surface area contributed by atoms with Crippen LogP contribution < -0.4 is 16.0 Å². The van der Waals surface area contributed by atoms with E-state index in [1.807, 2.05) is 0 Å². The Bertz CT molecular complexity index is 923. The van der Waals surface area contributed by atoms with Gasteiger partial charge in [-0.05, 0) is 43.0 Å². The molecule has 2 aliphatic heterocycles. The quantitative estimate of drug-likeness (QED) is 0.863. The van der Waals surface area contributed by atoms with Crippen LogP contribution in [-0.2, 0) is 0 Å². The molecule has 0 atom stereocenters. The molecule has 2 aromatic carbocycles. The van der Waals surface area contributed by atoms with Crippen LogP contribution in [0.25, 0.3) is 16.7 Å². The van der Waals surface area contributed by atoms with Crippen molar-refractivity contribution < 1.29 is 0 Å². The zero-order valence-corrected chi connectivity index (χ0v) is 13.7. The molecule has 0 bridgehead atoms. The summed E-state index contributed by atoms with van der Waals surface area (Å²) in [7, 11) is 0. The Morgan fingerprint density at radius 2 is 1.91 bits per heavy atom. The molecule has 0 radical (unpaired) electrons. The zero-order valence-electron chi connectivity index (χ0n) is 13.7. The molecule has 0 aromatic heterocycles. The lowest BCUT2D eigenvalue weighted by molar-refractivity contribution is 0.866. The Hall–Kier alpha value is -2.42. The fraction of sp³-hybridized carbons (Fsp3) is 0.300. The summed E-state index contributed by atoms with van der Waals surface area (Å²) in [6.45, 7) is 6.89. The molecule has 1 N–H and O–H groups in total. The van der Waals surface area contributed by atoms with Gasteiger partial charge in [-0.3, -0.25) is 9.98 Å². The van der Waals surface area contributed by atoms with Crippen LogP contribution in [0.15, 0.2) is 46.4 Å². The fourth-order valence-electron chi connectivity index (χ4n) is 3.60. The van der Waals surface area contributed by atoms with Gasteiger partial charge in [-0.2, -0.15) is 0 Å². The molecule has 0 spiro atoms. The molecule has 2 heterocycles. The number of anilines is 1. The van der Waals surface area contributed by atoms with Gasteiger partial charge >= 0.3 is 0 Å². The summed E-state index contributed by atoms with van der Waals surface area (Å²) in [5.74, 6) is 0. The van der Waals surface area contributed by atoms with Gasteiger partial charge in [0.1, 0.15) is 0 Å². The Kier molecular flexibility index (Phi) is 3.49. The largest absolute Gasteiger partial charge is 0.384 e. The standard InChI is InChI=1S/C20H21N3/c1-3-14-9-10-22-19-13(2)7-8-15(18(14)19)16-5-4-6-17-20(16)23-12-11-21-17/h3-8,22H,9-12H2,1-2H3. The van der Waals surface area contributed by atoms with E-state index in [4.69, 9.17) is 4.99 Å². The first-order chi connectivity index (χ1) is 11.3. The molecular weight excluding hydrogens is 282 g/mol. The Morgan fingerprint density at radius 3 is 2.78 bits per heavy atom. The number of aryl methyl sites for hydroxylation is 1. The van der Waals surface area contributed by atoms with Gasteiger partial charge in [0.2, 0.25) is 0 Å². The molecule has 23 heavy (non-hydrogen) atoms. The van der Waals surface area contributed by atoms with Crippen LogP contribution in [0.4, 0.5) is 5.69 Å². The molecule has 116 valence electrons. The van der Waals surface area contributed by atoms with Crippen LogP contribution in [0.1, 0.15) is 24.5 Å². The van der Waals surface area contributed by atoms with Crippen molar-refractivity contribution in [2.24, 2.45) is 9.98 Å². The highest BCUT2D eigenvalue weighted by molar-refractivity contribution is 5.91. The van der Waals surface area contributed by atoms with E-state index >= 15 is 0 Å². The van der Waals surface area contributed by atoms with Crippen LogP contribution in [0.5, 0.6) is 0 Å². The molecule has 0 saturated carbocycles. The number of hydrogen-bond donors (Lipinski definition) is 1. The Balaban J connectivity index is 2.07. The summed E-state index contributed by atoms with van der Waals surface area (Å²) < 4.78 is 0. The lowest BCUT2D eigenvalue weighted by atomic mass is 9.87. The highest BCUT2D eigenvalue weighted by Crippen LogP contribution is 2.39. The maximum absolute atomic E-state index is 4.76. The highest BCUT2D eigenvalue weighted by Gasteiger charge is 2.20. The van der Waals surface area contributed by atoms with Crippen LogP contribution in [0.3, 0.4) is 0 Å². The van der Waals surface area contributed by atoms with Gasteiger partial charge in [-0.25, -0.2) is 0 Å². The van der Waals surface area contributed by atoms with Crippen LogP contribution >= 0.6 is 0 Å². The van der Waals surface area contributed by atoms with E-state index in [2.05, 4.69) is 60.6 Å². The topological polar surface area (TPSA) is 36.8 Å². The fourth-order valence-corrected chi connectivity index (χ4v) is 3.60. The molecule has 3 nitrogen and oxygen atoms in total. The number of nitrogens with one attached hydrogen (secondary N) is 1. The van der Waals surface area contributed by atoms with Crippen molar-refractivity contribution in [1.82, 2.24) is 0 Å². The molecule has 3 heteroatoms. The molecule has 2 aromatic rings. The first-order valence-corrected chi connectivity index (χ1v) is 8.31. The first-order valence-electron chi connectivity index (χ1n) is 8.31. The van der Waals surface area contributed by atoms with Gasteiger partial charge in [-0.1, -0.05) is 30.3 Å². The average molecular weight is 303 g/mol. The molecule has 0 aliphatic carbocycles. The van der Waals surface area contributed by atoms with E-state index in [9.17, 15) is 0 Å². The predicted octanol–water partition coefficient (Wildman–Crippen LogP) is 3.13. The number of nitrogens with zero attached hydrogens (tertiary/aromatic N) is 2. The minimum Gasteiger partial charge on any atom is -0.384 e. The lowest BCUT2D eigenvalue weighted by Gasteiger charge is -2.26. The zero-order chi connectivity index (χ0) is 15.8. The summed E-state index contributed by atoms with van der Waals surface area (Å²) in [6, 6.07) is 10.8. The molecule has 0 amide bonds. The van der Waals surface area contributed by atoms with Crippen molar-refractivity contribution in [2.75, 3.05) is 25.0 Å². The van der Waals surface area contributed by atoms with Crippen molar-refractivity contribution >= 4 is 11.3 Å². The minimum atomic E-state index is 0.785. The minimum absolute atomic E-state index is 0.785. The molecular formula is C20H21N3. The van der Waals surface area contributed by atoms with E-state index in [0.717, 1.165) is 36.8 Å². The highest BCUT2D eigenvalue weighted by atomic mass is 14.9. The average Bonchev–Trinajstić information content (AvgIpc) is 2.61. The van der Waals surface area contributed by atoms with Crippen LogP contribution in [0, 0.1) is 6.92 Å². The second kappa shape index (κ2) is 5.65. The van der Waals surface area contributed by atoms with Crippen molar-refractivity contribution in [2.45, 2.75) is 20.3 Å². The first kappa shape index (κ1) is 14.2. The Labute approximate surface area is 136 Å². The van der Waals surface area contributed by atoms with Crippen molar-refractivity contribution in [3.63, 3.8) is 0 Å². The molecule has 0 saturated heterocycles. The van der Waals surface area contributed by atoms with Crippen LogP contribution in [0.2, 0.25) is 0 Å². The Morgan fingerprint density at radius 1 is 1.04 bits per heavy atom. The van der Waals surface area contributed by atoms with E-state index in [-0.39, 0.29) is 0 Å². The number of fused-ring (bicyclic) bond motifs is 2. The van der Waals surface area contributed by atoms with Gasteiger partial charge in [0.15, 0.2) is 0 Å². The van der Waals surface area contributed by atoms with Crippen molar-refractivity contribution in [3.05, 3.63) is 58.2 Å². The third-order valence-electron chi connectivity index (χ3n) is 4.74. The summed E-state index contributed by atoms with van der Waals surface area (Å²) in [5, 5.41) is 5.66. The number of hydrogen-bond acceptors (Lipinski definition) is 3. The number of rotatable bonds is 1. The molecule has 0 fully saturated rings. The predicted molar refractivity (Wildman–Crippen MR) is 95.4 cm³/mol. The third-order valence-corrected chi connectivity index (χ3v) is 4.74. The van der Waals surface area contributed by atoms with Crippen LogP contribution in [-0.4, -0.2) is 19.6 Å². The summed E-state index contributed by atoms with van der Waals surface area (Å²) in [6.07, 6.45) is 3.32. The summed E-state index contributed by atoms with van der Waals surface area (Å²) in [4.78, 5) is 9.38. The lowest BCUT2D eigenvalue weighted by Crippen LogP contribution is -2.31. The van der Waals surface area contributed by atoms with Crippen molar-refractivity contribution in [1.29, 1.82) is 0 Å². The van der Waals surface area contributed by atoms with Gasteiger partial charge in [-0.15, -0.1) is 0 Å². The normalized spacial score (nSPS) is 17.6. The number of para-hydroxylation sites is 1. The summed E-state index contributed by atoms with van der Waals surface area (Å²) in [5.41, 5.74) is 7.80. The van der Waals surface area contributed by atoms with E-state index in [1.165, 1.54) is 33.5 Å². The van der Waals surface area contributed by atoms with Gasteiger partial charge < -0.3 is 5.32 Å². The van der Waals surface area contributed by atoms with E-state index in [0.29, 0.717) is 0 Å². The molecule has 2 aliphatic rings. The van der Waals surface area contributed by atoms with Gasteiger partial charge in [0, 0.05) is 23.4 Å². The van der Waals surface area contributed by atoms with E-state index < -0.39 is 0 Å². The third kappa shape index (κ3) is 2.27. The monoisotopic (exact) mass is 303 g/mol. The van der Waals surface area contributed by atoms with Gasteiger partial charge in [0.25, 0.3) is 0 Å². The van der Waals surface area contributed by atoms with Gasteiger partial charge in [0.05, 0.1) is 23.8 Å². The van der Waals surface area contributed by atoms with Crippen molar-refractivity contribution in [3.8, 4) is 11.1 Å². The molecule has 0 unspecified atom stereocenters. The smallest absolute Gasteiger partial charge is 0.0905 e. The second-order valence-electron chi connectivity index (χ2n) is 6.11. The maximum Gasteiger partial charge on any atom is 0.0905 e. The number of allylic oxidation sites excluding steroid dienone is 1. The van der Waals surface area contributed by atoms with E-state index in [1.54, 1.807) is 0 Å². The SMILES string of the molecule is CC=C1CCNc2c(C)ccc(-c3cccc4c3=NCCN=4)c21. The maximum atomic E-state index is 4.76. The second-order valence-corrected chi connectivity index (χ2v) is 6.11. The summed E-state index contributed by atoms with van der Waals surface area (Å²) >= 11 is 0.